The van der Waals surface area contributed by atoms with Crippen LogP contribution < -0.4 is 9.64 Å². The quantitative estimate of drug-likeness (QED) is 0.862. The molecule has 4 nitrogen and oxygen atoms in total. The molecule has 0 atom stereocenters. The molecule has 0 bridgehead atoms. The molecule has 1 amide bonds. The minimum atomic E-state index is -0.474. The summed E-state index contributed by atoms with van der Waals surface area (Å²) in [7, 11) is 3.06. The molecule has 0 aliphatic rings. The van der Waals surface area contributed by atoms with E-state index in [4.69, 9.17) is 4.74 Å². The number of pyridine rings is 1. The number of anilines is 1. The van der Waals surface area contributed by atoms with Gasteiger partial charge in [0.25, 0.3) is 5.91 Å². The predicted molar refractivity (Wildman–Crippen MR) is 77.6 cm³/mol. The van der Waals surface area contributed by atoms with E-state index in [1.165, 1.54) is 30.2 Å². The molecule has 0 saturated heterocycles. The van der Waals surface area contributed by atoms with Crippen LogP contribution in [0.25, 0.3) is 0 Å². The van der Waals surface area contributed by atoms with Crippen molar-refractivity contribution in [2.24, 2.45) is 0 Å². The number of methoxy groups -OCH3 is 1. The van der Waals surface area contributed by atoms with Gasteiger partial charge in [-0.2, -0.15) is 0 Å². The summed E-state index contributed by atoms with van der Waals surface area (Å²) in [5, 5.41) is 0. The van der Waals surface area contributed by atoms with Gasteiger partial charge in [-0.05, 0) is 46.3 Å². The highest BCUT2D eigenvalue weighted by molar-refractivity contribution is 9.10. The first-order valence-corrected chi connectivity index (χ1v) is 6.56. The van der Waals surface area contributed by atoms with E-state index in [9.17, 15) is 9.18 Å². The molecule has 0 unspecified atom stereocenters. The summed E-state index contributed by atoms with van der Waals surface area (Å²) in [4.78, 5) is 17.9. The Morgan fingerprint density at radius 3 is 2.85 bits per heavy atom. The molecule has 0 aliphatic heterocycles. The van der Waals surface area contributed by atoms with E-state index in [1.807, 2.05) is 0 Å². The summed E-state index contributed by atoms with van der Waals surface area (Å²) in [5.41, 5.74) is 0.222. The van der Waals surface area contributed by atoms with Crippen molar-refractivity contribution in [1.82, 2.24) is 4.98 Å². The zero-order valence-corrected chi connectivity index (χ0v) is 12.5. The van der Waals surface area contributed by atoms with Crippen LogP contribution in [0.3, 0.4) is 0 Å². The fourth-order valence-corrected chi connectivity index (χ4v) is 2.15. The van der Waals surface area contributed by atoms with E-state index in [-0.39, 0.29) is 11.5 Å². The lowest BCUT2D eigenvalue weighted by atomic mass is 10.2. The van der Waals surface area contributed by atoms with Gasteiger partial charge in [0.05, 0.1) is 12.7 Å². The highest BCUT2D eigenvalue weighted by Gasteiger charge is 2.20. The Morgan fingerprint density at radius 1 is 1.40 bits per heavy atom. The monoisotopic (exact) mass is 338 g/mol. The number of amides is 1. The third-order valence-corrected chi connectivity index (χ3v) is 3.44. The molecule has 0 saturated carbocycles. The topological polar surface area (TPSA) is 42.4 Å². The van der Waals surface area contributed by atoms with Crippen molar-refractivity contribution in [1.29, 1.82) is 0 Å². The highest BCUT2D eigenvalue weighted by atomic mass is 79.9. The summed E-state index contributed by atoms with van der Waals surface area (Å²) < 4.78 is 19.0. The number of hydrogen-bond acceptors (Lipinski definition) is 3. The van der Waals surface area contributed by atoms with Gasteiger partial charge in [-0.1, -0.05) is 0 Å². The van der Waals surface area contributed by atoms with Crippen molar-refractivity contribution in [2.45, 2.75) is 0 Å². The summed E-state index contributed by atoms with van der Waals surface area (Å²) in [6, 6.07) is 7.36. The smallest absolute Gasteiger partial charge is 0.260 e. The van der Waals surface area contributed by atoms with Crippen LogP contribution in [0.4, 0.5) is 10.2 Å². The van der Waals surface area contributed by atoms with Crippen molar-refractivity contribution >= 4 is 27.7 Å². The van der Waals surface area contributed by atoms with E-state index in [0.29, 0.717) is 16.0 Å². The zero-order valence-electron chi connectivity index (χ0n) is 10.9. The Labute approximate surface area is 124 Å². The lowest BCUT2D eigenvalue weighted by Gasteiger charge is -2.19. The Bertz CT molecular complexity index is 649. The molecular formula is C14H12BrFN2O2. The second-order valence-corrected chi connectivity index (χ2v) is 4.87. The third-order valence-electron chi connectivity index (χ3n) is 2.75. The minimum Gasteiger partial charge on any atom is -0.493 e. The van der Waals surface area contributed by atoms with Gasteiger partial charge in [0.15, 0.2) is 11.6 Å². The van der Waals surface area contributed by atoms with E-state index in [1.54, 1.807) is 25.4 Å². The molecular weight excluding hydrogens is 327 g/mol. The molecule has 2 rings (SSSR count). The Morgan fingerprint density at radius 2 is 2.15 bits per heavy atom. The van der Waals surface area contributed by atoms with Gasteiger partial charge >= 0.3 is 0 Å². The maximum Gasteiger partial charge on any atom is 0.260 e. The van der Waals surface area contributed by atoms with Gasteiger partial charge in [-0.25, -0.2) is 9.37 Å². The number of hydrogen-bond donors (Lipinski definition) is 0. The van der Waals surface area contributed by atoms with E-state index in [2.05, 4.69) is 20.9 Å². The molecule has 1 aromatic carbocycles. The molecule has 1 aromatic heterocycles. The second-order valence-electron chi connectivity index (χ2n) is 4.02. The van der Waals surface area contributed by atoms with Crippen LogP contribution in [0, 0.1) is 5.82 Å². The molecule has 0 radical (unpaired) electrons. The molecule has 20 heavy (non-hydrogen) atoms. The standard InChI is InChI=1S/C14H12BrFN2O2/c1-18(13-12(20-2)4-3-7-17-13)14(19)10-8-9(16)5-6-11(10)15/h3-8H,1-2H3. The summed E-state index contributed by atoms with van der Waals surface area (Å²) in [6.07, 6.45) is 1.56. The van der Waals surface area contributed by atoms with Crippen LogP contribution in [0.5, 0.6) is 5.75 Å². The van der Waals surface area contributed by atoms with Crippen LogP contribution >= 0.6 is 15.9 Å². The Hall–Kier alpha value is -1.95. The van der Waals surface area contributed by atoms with Crippen LogP contribution in [-0.4, -0.2) is 25.0 Å². The van der Waals surface area contributed by atoms with Gasteiger partial charge < -0.3 is 4.74 Å². The first kappa shape index (κ1) is 14.5. The molecule has 0 N–H and O–H groups in total. The Kier molecular flexibility index (Phi) is 4.34. The predicted octanol–water partition coefficient (Wildman–Crippen LogP) is 3.27. The number of carbonyl (C=O) groups excluding carboxylic acids is 1. The van der Waals surface area contributed by atoms with Crippen molar-refractivity contribution in [2.75, 3.05) is 19.1 Å². The van der Waals surface area contributed by atoms with Crippen LogP contribution in [0.15, 0.2) is 41.0 Å². The molecule has 104 valence electrons. The van der Waals surface area contributed by atoms with E-state index < -0.39 is 5.82 Å². The van der Waals surface area contributed by atoms with Crippen molar-refractivity contribution < 1.29 is 13.9 Å². The van der Waals surface area contributed by atoms with E-state index in [0.717, 1.165) is 0 Å². The number of rotatable bonds is 3. The Balaban J connectivity index is 2.40. The molecule has 0 fully saturated rings. The number of nitrogens with zero attached hydrogens (tertiary/aromatic N) is 2. The van der Waals surface area contributed by atoms with Crippen molar-refractivity contribution in [3.8, 4) is 5.75 Å². The number of aromatic nitrogens is 1. The largest absolute Gasteiger partial charge is 0.493 e. The number of ether oxygens (including phenoxy) is 1. The molecule has 0 aliphatic carbocycles. The minimum absolute atomic E-state index is 0.222. The maximum absolute atomic E-state index is 13.3. The fraction of sp³-hybridized carbons (Fsp3) is 0.143. The van der Waals surface area contributed by atoms with Gasteiger partial charge in [0, 0.05) is 17.7 Å². The number of carbonyl (C=O) groups is 1. The van der Waals surface area contributed by atoms with Gasteiger partial charge in [0.1, 0.15) is 5.82 Å². The average Bonchev–Trinajstić information content (AvgIpc) is 2.48. The molecule has 6 heteroatoms. The maximum atomic E-state index is 13.3. The van der Waals surface area contributed by atoms with Crippen molar-refractivity contribution in [3.05, 3.63) is 52.4 Å². The number of halogens is 2. The average molecular weight is 339 g/mol. The lowest BCUT2D eigenvalue weighted by Crippen LogP contribution is -2.28. The second kappa shape index (κ2) is 6.00. The first-order valence-electron chi connectivity index (χ1n) is 5.76. The molecule has 2 aromatic rings. The van der Waals surface area contributed by atoms with E-state index >= 15 is 0 Å². The SMILES string of the molecule is COc1cccnc1N(C)C(=O)c1cc(F)ccc1Br. The fourth-order valence-electron chi connectivity index (χ4n) is 1.73. The highest BCUT2D eigenvalue weighted by Crippen LogP contribution is 2.27. The summed E-state index contributed by atoms with van der Waals surface area (Å²) in [6.45, 7) is 0. The number of benzene rings is 1. The normalized spacial score (nSPS) is 10.2. The third kappa shape index (κ3) is 2.80. The zero-order chi connectivity index (χ0) is 14.7. The van der Waals surface area contributed by atoms with Gasteiger partial charge in [0.2, 0.25) is 0 Å². The van der Waals surface area contributed by atoms with Crippen LogP contribution in [-0.2, 0) is 0 Å². The molecule has 0 spiro atoms. The van der Waals surface area contributed by atoms with Crippen molar-refractivity contribution in [3.63, 3.8) is 0 Å². The first-order chi connectivity index (χ1) is 9.54. The molecule has 1 heterocycles. The van der Waals surface area contributed by atoms with Crippen LogP contribution in [0.1, 0.15) is 10.4 Å². The van der Waals surface area contributed by atoms with Crippen LogP contribution in [0.2, 0.25) is 0 Å². The lowest BCUT2D eigenvalue weighted by molar-refractivity contribution is 0.0990. The summed E-state index contributed by atoms with van der Waals surface area (Å²) >= 11 is 3.24. The van der Waals surface area contributed by atoms with Gasteiger partial charge in [-0.15, -0.1) is 0 Å². The van der Waals surface area contributed by atoms with Gasteiger partial charge in [-0.3, -0.25) is 9.69 Å². The summed E-state index contributed by atoms with van der Waals surface area (Å²) in [5.74, 6) is -0.0154.